The summed E-state index contributed by atoms with van der Waals surface area (Å²) in [5, 5.41) is 0. The van der Waals surface area contributed by atoms with Crippen LogP contribution in [0.3, 0.4) is 0 Å². The second-order valence-electron chi connectivity index (χ2n) is 6.75. The maximum atomic E-state index is 13.3. The third-order valence-electron chi connectivity index (χ3n) is 4.84. The number of hydrogen-bond donors (Lipinski definition) is 0. The fourth-order valence-electron chi connectivity index (χ4n) is 3.52. The molecule has 0 aliphatic carbocycles. The molecule has 0 saturated heterocycles. The molecule has 130 valence electrons. The fourth-order valence-corrected chi connectivity index (χ4v) is 6.91. The Labute approximate surface area is 152 Å². The summed E-state index contributed by atoms with van der Waals surface area (Å²) in [6.45, 7) is 4.19. The number of aromatic nitrogens is 1. The average molecular weight is 411 g/mol. The molecular formula is C20H16N2O3Se. The van der Waals surface area contributed by atoms with Crippen molar-refractivity contribution in [1.82, 2.24) is 4.98 Å². The Balaban J connectivity index is 1.91. The van der Waals surface area contributed by atoms with Crippen LogP contribution in [-0.4, -0.2) is 17.7 Å². The van der Waals surface area contributed by atoms with E-state index in [4.69, 9.17) is 4.74 Å². The van der Waals surface area contributed by atoms with E-state index in [0.717, 1.165) is 5.56 Å². The number of nitrogens with zero attached hydrogens (tertiary/aromatic N) is 2. The van der Waals surface area contributed by atoms with E-state index in [1.165, 1.54) is 0 Å². The zero-order valence-electron chi connectivity index (χ0n) is 14.3. The molecule has 2 aliphatic rings. The van der Waals surface area contributed by atoms with Crippen LogP contribution in [0, 0.1) is 0 Å². The van der Waals surface area contributed by atoms with Crippen molar-refractivity contribution in [3.8, 4) is 11.5 Å². The van der Waals surface area contributed by atoms with Gasteiger partial charge in [-0.05, 0) is 0 Å². The second-order valence-corrected chi connectivity index (χ2v) is 10.7. The van der Waals surface area contributed by atoms with Crippen LogP contribution in [0.5, 0.6) is 11.5 Å². The van der Waals surface area contributed by atoms with E-state index < -0.39 is 12.7 Å². The number of benzene rings is 2. The third kappa shape index (κ3) is 1.94. The minimum absolute atomic E-state index is 0.289. The van der Waals surface area contributed by atoms with E-state index >= 15 is 0 Å². The molecule has 0 spiro atoms. The quantitative estimate of drug-likeness (QED) is 0.395. The molecule has 2 aromatic carbocycles. The van der Waals surface area contributed by atoms with Crippen LogP contribution in [0.4, 0.5) is 17.2 Å². The monoisotopic (exact) mass is 412 g/mol. The maximum absolute atomic E-state index is 13.3. The van der Waals surface area contributed by atoms with Crippen molar-refractivity contribution in [2.24, 2.45) is 0 Å². The summed E-state index contributed by atoms with van der Waals surface area (Å²) >= 11 is -4.53. The molecule has 0 radical (unpaired) electrons. The van der Waals surface area contributed by atoms with Gasteiger partial charge in [0.2, 0.25) is 0 Å². The number of pyridine rings is 1. The third-order valence-corrected chi connectivity index (χ3v) is 8.68. The molecule has 5 rings (SSSR count). The first-order valence-corrected chi connectivity index (χ1v) is 11.5. The van der Waals surface area contributed by atoms with Gasteiger partial charge in [-0.3, -0.25) is 0 Å². The van der Waals surface area contributed by atoms with Crippen LogP contribution < -0.4 is 18.6 Å². The van der Waals surface area contributed by atoms with Gasteiger partial charge in [-0.2, -0.15) is 0 Å². The van der Waals surface area contributed by atoms with Gasteiger partial charge >= 0.3 is 153 Å². The second kappa shape index (κ2) is 5.16. The summed E-state index contributed by atoms with van der Waals surface area (Å²) < 4.78 is 33.2. The van der Waals surface area contributed by atoms with Crippen LogP contribution in [0.25, 0.3) is 0 Å². The average Bonchev–Trinajstić information content (AvgIpc) is 2.64. The van der Waals surface area contributed by atoms with Gasteiger partial charge in [0, 0.05) is 0 Å². The molecule has 5 nitrogen and oxygen atoms in total. The van der Waals surface area contributed by atoms with E-state index in [0.29, 0.717) is 37.6 Å². The number of rotatable bonds is 1. The Kier molecular flexibility index (Phi) is 3.09. The van der Waals surface area contributed by atoms with Crippen molar-refractivity contribution in [3.63, 3.8) is 0 Å². The first-order chi connectivity index (χ1) is 12.5. The molecule has 0 fully saturated rings. The van der Waals surface area contributed by atoms with Gasteiger partial charge in [0.1, 0.15) is 0 Å². The van der Waals surface area contributed by atoms with E-state index in [-0.39, 0.29) is 5.92 Å². The van der Waals surface area contributed by atoms with Gasteiger partial charge in [0.25, 0.3) is 0 Å². The van der Waals surface area contributed by atoms with Gasteiger partial charge in [-0.1, -0.05) is 0 Å². The van der Waals surface area contributed by atoms with Crippen molar-refractivity contribution in [3.05, 3.63) is 60.3 Å². The van der Waals surface area contributed by atoms with E-state index in [1.54, 1.807) is 30.5 Å². The van der Waals surface area contributed by atoms with Gasteiger partial charge in [-0.15, -0.1) is 0 Å². The molecule has 0 saturated carbocycles. The van der Waals surface area contributed by atoms with E-state index in [1.807, 2.05) is 29.2 Å². The number of hydrogen-bond acceptors (Lipinski definition) is 5. The number of fused-ring (bicyclic) bond motifs is 4. The predicted octanol–water partition coefficient (Wildman–Crippen LogP) is 3.51. The Morgan fingerprint density at radius 2 is 1.81 bits per heavy atom. The van der Waals surface area contributed by atoms with Crippen molar-refractivity contribution < 1.29 is 12.4 Å². The molecule has 3 heterocycles. The van der Waals surface area contributed by atoms with Crippen molar-refractivity contribution in [2.45, 2.75) is 19.8 Å². The summed E-state index contributed by atoms with van der Waals surface area (Å²) in [6, 6.07) is 14.4. The first kappa shape index (κ1) is 15.6. The fraction of sp³-hybridized carbons (Fsp3) is 0.150. The SMILES string of the molecule is CC(C)c1ccc2c(c1)N1c3ncccc3Oc3cccc(c31)[Se]2(=O)=O. The zero-order chi connectivity index (χ0) is 18.1. The molecule has 3 aromatic rings. The van der Waals surface area contributed by atoms with E-state index in [9.17, 15) is 7.67 Å². The van der Waals surface area contributed by atoms with Gasteiger partial charge in [-0.25, -0.2) is 0 Å². The molecule has 0 amide bonds. The standard InChI is InChI=1S/C20H16N2O3Se/c1-12(2)13-8-9-17-14(11-13)22-19-15(5-3-7-18(19)26(17,23)24)25-16-6-4-10-21-20(16)22/h3-12H,1-2H3. The zero-order valence-corrected chi connectivity index (χ0v) is 16.0. The van der Waals surface area contributed by atoms with Gasteiger partial charge in [0.15, 0.2) is 0 Å². The molecule has 26 heavy (non-hydrogen) atoms. The molecule has 0 N–H and O–H groups in total. The predicted molar refractivity (Wildman–Crippen MR) is 99.5 cm³/mol. The Bertz CT molecular complexity index is 1170. The minimum atomic E-state index is -4.53. The summed E-state index contributed by atoms with van der Waals surface area (Å²) in [5.74, 6) is 2.06. The topological polar surface area (TPSA) is 59.5 Å². The summed E-state index contributed by atoms with van der Waals surface area (Å²) in [7, 11) is 0. The Hall–Kier alpha value is -2.69. The normalized spacial score (nSPS) is 15.7. The Morgan fingerprint density at radius 3 is 2.62 bits per heavy atom. The van der Waals surface area contributed by atoms with E-state index in [2.05, 4.69) is 18.8 Å². The van der Waals surface area contributed by atoms with Crippen LogP contribution in [0.15, 0.2) is 54.7 Å². The van der Waals surface area contributed by atoms with Crippen molar-refractivity contribution in [2.75, 3.05) is 4.90 Å². The molecule has 0 unspecified atom stereocenters. The van der Waals surface area contributed by atoms with Crippen LogP contribution in [0.2, 0.25) is 0 Å². The molecule has 6 heteroatoms. The van der Waals surface area contributed by atoms with Gasteiger partial charge < -0.3 is 0 Å². The summed E-state index contributed by atoms with van der Waals surface area (Å²) in [6.07, 6.45) is 1.69. The number of para-hydroxylation sites is 1. The van der Waals surface area contributed by atoms with Crippen molar-refractivity contribution >= 4 is 38.8 Å². The summed E-state index contributed by atoms with van der Waals surface area (Å²) in [5.41, 5.74) is 2.31. The molecule has 2 aliphatic heterocycles. The number of anilines is 3. The molecular weight excluding hydrogens is 395 g/mol. The van der Waals surface area contributed by atoms with Crippen LogP contribution in [-0.2, 0) is 7.67 Å². The van der Waals surface area contributed by atoms with Gasteiger partial charge in [0.05, 0.1) is 0 Å². The van der Waals surface area contributed by atoms with Crippen LogP contribution in [0.1, 0.15) is 25.3 Å². The Morgan fingerprint density at radius 1 is 1.00 bits per heavy atom. The molecule has 0 bridgehead atoms. The van der Waals surface area contributed by atoms with Crippen molar-refractivity contribution in [1.29, 1.82) is 0 Å². The first-order valence-electron chi connectivity index (χ1n) is 8.43. The molecule has 1 aromatic heterocycles. The molecule has 0 atom stereocenters. The summed E-state index contributed by atoms with van der Waals surface area (Å²) in [4.78, 5) is 6.41. The number of ether oxygens (including phenoxy) is 1. The van der Waals surface area contributed by atoms with Crippen LogP contribution >= 0.6 is 0 Å².